The van der Waals surface area contributed by atoms with E-state index >= 15 is 0 Å². The van der Waals surface area contributed by atoms with Gasteiger partial charge in [0.15, 0.2) is 12.3 Å². The average Bonchev–Trinajstić information content (AvgIpc) is 3.01. The Labute approximate surface area is 159 Å². The van der Waals surface area contributed by atoms with Crippen LogP contribution in [-0.2, 0) is 11.2 Å². The number of carbonyl (C=O) groups excluding carboxylic acids is 1. The molecule has 0 atom stereocenters. The maximum Gasteiger partial charge on any atom is 0.258 e. The van der Waals surface area contributed by atoms with Gasteiger partial charge in [-0.25, -0.2) is 4.68 Å². The average molecular weight is 366 g/mol. The number of nitrogens with zero attached hydrogens (tertiary/aromatic N) is 3. The highest BCUT2D eigenvalue weighted by atomic mass is 16.5. The molecule has 1 N–H and O–H groups in total. The number of benzene rings is 1. The largest absolute Gasteiger partial charge is 0.468 e. The van der Waals surface area contributed by atoms with Gasteiger partial charge in [0, 0.05) is 18.0 Å². The van der Waals surface area contributed by atoms with Gasteiger partial charge >= 0.3 is 0 Å². The normalized spacial score (nSPS) is 11.0. The lowest BCUT2D eigenvalue weighted by Crippen LogP contribution is -2.29. The lowest BCUT2D eigenvalue weighted by Gasteiger charge is -2.09. The first-order valence-electron chi connectivity index (χ1n) is 9.39. The van der Waals surface area contributed by atoms with E-state index in [0.717, 1.165) is 40.8 Å². The van der Waals surface area contributed by atoms with Crippen molar-refractivity contribution >= 4 is 16.9 Å². The highest BCUT2D eigenvalue weighted by Gasteiger charge is 2.16. The lowest BCUT2D eigenvalue weighted by molar-refractivity contribution is -0.123. The summed E-state index contributed by atoms with van der Waals surface area (Å²) in [7, 11) is 0. The molecule has 3 rings (SSSR count). The molecule has 3 aromatic rings. The SMILES string of the molecule is CCCNC(=O)COc1cc(CC)c2c(C)nn(-c3ccc(C)cc3)c2n1. The Balaban J connectivity index is 1.98. The molecule has 0 unspecified atom stereocenters. The van der Waals surface area contributed by atoms with Crippen molar-refractivity contribution in [2.75, 3.05) is 13.2 Å². The maximum atomic E-state index is 11.8. The standard InChI is InChI=1S/C21H26N4O2/c1-5-11-22-18(26)13-27-19-12-16(6-2)20-15(4)24-25(21(20)23-19)17-9-7-14(3)8-10-17/h7-10,12H,5-6,11,13H2,1-4H3,(H,22,26). The summed E-state index contributed by atoms with van der Waals surface area (Å²) in [6.07, 6.45) is 1.72. The Bertz CT molecular complexity index is 945. The molecule has 142 valence electrons. The van der Waals surface area contributed by atoms with Crippen LogP contribution in [0.1, 0.15) is 37.1 Å². The minimum Gasteiger partial charge on any atom is -0.468 e. The van der Waals surface area contributed by atoms with Gasteiger partial charge in [0.05, 0.1) is 11.4 Å². The van der Waals surface area contributed by atoms with Gasteiger partial charge < -0.3 is 10.1 Å². The number of hydrogen-bond acceptors (Lipinski definition) is 4. The van der Waals surface area contributed by atoms with Gasteiger partial charge in [0.2, 0.25) is 5.88 Å². The molecule has 0 aliphatic heterocycles. The molecule has 27 heavy (non-hydrogen) atoms. The topological polar surface area (TPSA) is 69.0 Å². The summed E-state index contributed by atoms with van der Waals surface area (Å²) in [5.41, 5.74) is 4.93. The van der Waals surface area contributed by atoms with Crippen molar-refractivity contribution in [2.24, 2.45) is 0 Å². The van der Waals surface area contributed by atoms with Crippen LogP contribution in [0.25, 0.3) is 16.7 Å². The van der Waals surface area contributed by atoms with Gasteiger partial charge in [-0.1, -0.05) is 31.5 Å². The molecular formula is C21H26N4O2. The number of nitrogens with one attached hydrogen (secondary N) is 1. The second kappa shape index (κ2) is 8.20. The molecule has 0 aliphatic rings. The Morgan fingerprint density at radius 2 is 1.93 bits per heavy atom. The van der Waals surface area contributed by atoms with Crippen LogP contribution < -0.4 is 10.1 Å². The molecule has 0 fully saturated rings. The van der Waals surface area contributed by atoms with E-state index in [4.69, 9.17) is 9.84 Å². The third kappa shape index (κ3) is 4.10. The lowest BCUT2D eigenvalue weighted by atomic mass is 10.1. The van der Waals surface area contributed by atoms with Crippen LogP contribution in [0.15, 0.2) is 30.3 Å². The third-order valence-electron chi connectivity index (χ3n) is 4.45. The number of aryl methyl sites for hydroxylation is 3. The van der Waals surface area contributed by atoms with Crippen LogP contribution in [0, 0.1) is 13.8 Å². The Kier molecular flexibility index (Phi) is 5.74. The summed E-state index contributed by atoms with van der Waals surface area (Å²) in [6.45, 7) is 8.76. The maximum absolute atomic E-state index is 11.8. The van der Waals surface area contributed by atoms with Crippen LogP contribution in [0.3, 0.4) is 0 Å². The van der Waals surface area contributed by atoms with Crippen LogP contribution in [-0.4, -0.2) is 33.8 Å². The summed E-state index contributed by atoms with van der Waals surface area (Å²) >= 11 is 0. The van der Waals surface area contributed by atoms with Crippen molar-refractivity contribution in [3.63, 3.8) is 0 Å². The van der Waals surface area contributed by atoms with Crippen molar-refractivity contribution in [3.8, 4) is 11.6 Å². The Morgan fingerprint density at radius 3 is 2.59 bits per heavy atom. The van der Waals surface area contributed by atoms with Crippen molar-refractivity contribution in [2.45, 2.75) is 40.5 Å². The quantitative estimate of drug-likeness (QED) is 0.695. The van der Waals surface area contributed by atoms with E-state index in [1.54, 1.807) is 0 Å². The predicted molar refractivity (Wildman–Crippen MR) is 107 cm³/mol. The number of pyridine rings is 1. The van der Waals surface area contributed by atoms with Crippen LogP contribution in [0.5, 0.6) is 5.88 Å². The van der Waals surface area contributed by atoms with Crippen molar-refractivity contribution in [1.82, 2.24) is 20.1 Å². The fraction of sp³-hybridized carbons (Fsp3) is 0.381. The Hall–Kier alpha value is -2.89. The monoisotopic (exact) mass is 366 g/mol. The highest BCUT2D eigenvalue weighted by molar-refractivity contribution is 5.84. The second-order valence-electron chi connectivity index (χ2n) is 6.64. The van der Waals surface area contributed by atoms with Crippen molar-refractivity contribution in [1.29, 1.82) is 0 Å². The molecule has 0 spiro atoms. The van der Waals surface area contributed by atoms with Crippen LogP contribution in [0.2, 0.25) is 0 Å². The summed E-state index contributed by atoms with van der Waals surface area (Å²) in [6, 6.07) is 10.1. The van der Waals surface area contributed by atoms with E-state index in [1.807, 2.05) is 36.7 Å². The second-order valence-corrected chi connectivity index (χ2v) is 6.64. The number of rotatable bonds is 7. The minimum atomic E-state index is -0.139. The number of hydrogen-bond donors (Lipinski definition) is 1. The summed E-state index contributed by atoms with van der Waals surface area (Å²) in [5, 5.41) is 8.54. The Morgan fingerprint density at radius 1 is 1.19 bits per heavy atom. The number of fused-ring (bicyclic) bond motifs is 1. The van der Waals surface area contributed by atoms with E-state index < -0.39 is 0 Å². The molecule has 6 nitrogen and oxygen atoms in total. The third-order valence-corrected chi connectivity index (χ3v) is 4.45. The molecule has 0 bridgehead atoms. The van der Waals surface area contributed by atoms with E-state index in [2.05, 4.69) is 36.3 Å². The molecule has 0 saturated carbocycles. The van der Waals surface area contributed by atoms with E-state index in [9.17, 15) is 4.79 Å². The van der Waals surface area contributed by atoms with Gasteiger partial charge in [-0.3, -0.25) is 4.79 Å². The van der Waals surface area contributed by atoms with E-state index in [-0.39, 0.29) is 12.5 Å². The fourth-order valence-electron chi connectivity index (χ4n) is 3.03. The van der Waals surface area contributed by atoms with E-state index in [1.165, 1.54) is 5.56 Å². The number of carbonyl (C=O) groups is 1. The highest BCUT2D eigenvalue weighted by Crippen LogP contribution is 2.27. The molecule has 2 heterocycles. The molecule has 1 amide bonds. The van der Waals surface area contributed by atoms with Crippen LogP contribution in [0.4, 0.5) is 0 Å². The van der Waals surface area contributed by atoms with Gasteiger partial charge in [-0.05, 0) is 44.4 Å². The molecular weight excluding hydrogens is 340 g/mol. The molecule has 6 heteroatoms. The van der Waals surface area contributed by atoms with Crippen molar-refractivity contribution in [3.05, 3.63) is 47.2 Å². The number of ether oxygens (including phenoxy) is 1. The molecule has 0 radical (unpaired) electrons. The zero-order chi connectivity index (χ0) is 19.4. The van der Waals surface area contributed by atoms with Gasteiger partial charge in [-0.2, -0.15) is 10.1 Å². The first kappa shape index (κ1) is 18.9. The smallest absolute Gasteiger partial charge is 0.258 e. The molecule has 2 aromatic heterocycles. The minimum absolute atomic E-state index is 0.0423. The summed E-state index contributed by atoms with van der Waals surface area (Å²) in [5.74, 6) is 0.305. The zero-order valence-corrected chi connectivity index (χ0v) is 16.4. The first-order valence-corrected chi connectivity index (χ1v) is 9.39. The predicted octanol–water partition coefficient (Wildman–Crippen LogP) is 3.50. The summed E-state index contributed by atoms with van der Waals surface area (Å²) < 4.78 is 7.51. The van der Waals surface area contributed by atoms with Gasteiger partial charge in [-0.15, -0.1) is 0 Å². The molecule has 0 aliphatic carbocycles. The zero-order valence-electron chi connectivity index (χ0n) is 16.4. The first-order chi connectivity index (χ1) is 13.0. The van der Waals surface area contributed by atoms with Crippen molar-refractivity contribution < 1.29 is 9.53 Å². The van der Waals surface area contributed by atoms with Crippen LogP contribution >= 0.6 is 0 Å². The van der Waals surface area contributed by atoms with Gasteiger partial charge in [0.25, 0.3) is 5.91 Å². The fourth-order valence-corrected chi connectivity index (χ4v) is 3.03. The van der Waals surface area contributed by atoms with Gasteiger partial charge in [0.1, 0.15) is 0 Å². The number of aromatic nitrogens is 3. The van der Waals surface area contributed by atoms with E-state index in [0.29, 0.717) is 12.4 Å². The molecule has 0 saturated heterocycles. The summed E-state index contributed by atoms with van der Waals surface area (Å²) in [4.78, 5) is 16.5. The molecule has 1 aromatic carbocycles. The number of amides is 1.